The van der Waals surface area contributed by atoms with E-state index in [0.29, 0.717) is 33.5 Å². The third-order valence-electron chi connectivity index (χ3n) is 4.14. The van der Waals surface area contributed by atoms with Crippen molar-refractivity contribution in [1.82, 2.24) is 0 Å². The standard InChI is InChI=1S/C21H17BrN2O7/c1-4-29-18-10-13(8-15(22)19(18)30-12(3)25)9-16-21(26)31-20(23-16)14-5-6-17(24(27)28)11(2)7-14/h5-10H,4H2,1-3H3. The van der Waals surface area contributed by atoms with Gasteiger partial charge in [-0.05, 0) is 65.7 Å². The number of hydrogen-bond donors (Lipinski definition) is 0. The molecular weight excluding hydrogens is 472 g/mol. The molecule has 10 heteroatoms. The quantitative estimate of drug-likeness (QED) is 0.195. The summed E-state index contributed by atoms with van der Waals surface area (Å²) in [7, 11) is 0. The second kappa shape index (κ2) is 9.09. The summed E-state index contributed by atoms with van der Waals surface area (Å²) in [5, 5.41) is 11.0. The average molecular weight is 489 g/mol. The van der Waals surface area contributed by atoms with Gasteiger partial charge in [0.15, 0.2) is 17.2 Å². The number of nitrogens with zero attached hydrogens (tertiary/aromatic N) is 2. The monoisotopic (exact) mass is 488 g/mol. The lowest BCUT2D eigenvalue weighted by Crippen LogP contribution is -2.06. The van der Waals surface area contributed by atoms with Gasteiger partial charge >= 0.3 is 11.9 Å². The molecule has 1 aliphatic heterocycles. The first-order chi connectivity index (χ1) is 14.7. The maximum absolute atomic E-state index is 12.3. The van der Waals surface area contributed by atoms with Crippen molar-refractivity contribution in [3.05, 3.63) is 67.3 Å². The van der Waals surface area contributed by atoms with Gasteiger partial charge in [-0.2, -0.15) is 0 Å². The highest BCUT2D eigenvalue weighted by Crippen LogP contribution is 2.38. The summed E-state index contributed by atoms with van der Waals surface area (Å²) in [4.78, 5) is 38.4. The number of nitro groups is 1. The Morgan fingerprint density at radius 2 is 2.06 bits per heavy atom. The van der Waals surface area contributed by atoms with Crippen molar-refractivity contribution in [3.63, 3.8) is 0 Å². The summed E-state index contributed by atoms with van der Waals surface area (Å²) < 4.78 is 16.4. The van der Waals surface area contributed by atoms with Gasteiger partial charge in [-0.1, -0.05) is 0 Å². The van der Waals surface area contributed by atoms with Crippen LogP contribution in [0.25, 0.3) is 6.08 Å². The van der Waals surface area contributed by atoms with Crippen LogP contribution in [0.4, 0.5) is 5.69 Å². The second-order valence-electron chi connectivity index (χ2n) is 6.45. The number of hydrogen-bond acceptors (Lipinski definition) is 8. The molecule has 0 radical (unpaired) electrons. The van der Waals surface area contributed by atoms with Crippen LogP contribution in [-0.2, 0) is 14.3 Å². The Hall–Kier alpha value is -3.53. The Balaban J connectivity index is 1.97. The smallest absolute Gasteiger partial charge is 0.363 e. The number of nitro benzene ring substituents is 1. The Morgan fingerprint density at radius 1 is 1.32 bits per heavy atom. The van der Waals surface area contributed by atoms with Gasteiger partial charge < -0.3 is 14.2 Å². The van der Waals surface area contributed by atoms with Crippen LogP contribution >= 0.6 is 15.9 Å². The summed E-state index contributed by atoms with van der Waals surface area (Å²) in [5.41, 5.74) is 1.43. The van der Waals surface area contributed by atoms with Crippen LogP contribution in [0.2, 0.25) is 0 Å². The Morgan fingerprint density at radius 3 is 2.68 bits per heavy atom. The minimum atomic E-state index is -0.663. The van der Waals surface area contributed by atoms with Crippen molar-refractivity contribution in [2.75, 3.05) is 6.61 Å². The number of esters is 2. The molecule has 0 bridgehead atoms. The van der Waals surface area contributed by atoms with Gasteiger partial charge in [0.25, 0.3) is 5.69 Å². The molecule has 1 heterocycles. The first-order valence-electron chi connectivity index (χ1n) is 9.12. The fourth-order valence-electron chi connectivity index (χ4n) is 2.86. The van der Waals surface area contributed by atoms with Crippen LogP contribution in [0.3, 0.4) is 0 Å². The number of cyclic esters (lactones) is 1. The molecule has 0 spiro atoms. The summed E-state index contributed by atoms with van der Waals surface area (Å²) in [6, 6.07) is 7.59. The molecule has 0 atom stereocenters. The Labute approximate surface area is 185 Å². The molecule has 9 nitrogen and oxygen atoms in total. The Bertz CT molecular complexity index is 1150. The van der Waals surface area contributed by atoms with Crippen LogP contribution < -0.4 is 9.47 Å². The summed E-state index contributed by atoms with van der Waals surface area (Å²) in [6.07, 6.45) is 1.50. The molecule has 31 heavy (non-hydrogen) atoms. The molecule has 0 saturated carbocycles. The number of benzene rings is 2. The molecular formula is C21H17BrN2O7. The van der Waals surface area contributed by atoms with Crippen molar-refractivity contribution in [2.45, 2.75) is 20.8 Å². The van der Waals surface area contributed by atoms with Crippen molar-refractivity contribution < 1.29 is 28.7 Å². The van der Waals surface area contributed by atoms with Crippen molar-refractivity contribution in [1.29, 1.82) is 0 Å². The molecule has 160 valence electrons. The van der Waals surface area contributed by atoms with E-state index in [9.17, 15) is 19.7 Å². The molecule has 2 aromatic carbocycles. The van der Waals surface area contributed by atoms with E-state index in [4.69, 9.17) is 14.2 Å². The molecule has 0 fully saturated rings. The van der Waals surface area contributed by atoms with Gasteiger partial charge in [0.05, 0.1) is 16.0 Å². The minimum absolute atomic E-state index is 0.0365. The van der Waals surface area contributed by atoms with Crippen LogP contribution in [0, 0.1) is 17.0 Å². The average Bonchev–Trinajstić information content (AvgIpc) is 3.04. The highest BCUT2D eigenvalue weighted by atomic mass is 79.9. The van der Waals surface area contributed by atoms with Gasteiger partial charge in [-0.15, -0.1) is 0 Å². The van der Waals surface area contributed by atoms with Crippen LogP contribution in [-0.4, -0.2) is 29.4 Å². The molecule has 1 aliphatic rings. The lowest BCUT2D eigenvalue weighted by atomic mass is 10.1. The molecule has 0 amide bonds. The summed E-state index contributed by atoms with van der Waals surface area (Å²) >= 11 is 3.34. The van der Waals surface area contributed by atoms with E-state index < -0.39 is 16.9 Å². The van der Waals surface area contributed by atoms with Crippen LogP contribution in [0.5, 0.6) is 11.5 Å². The fraction of sp³-hybridized carbons (Fsp3) is 0.190. The van der Waals surface area contributed by atoms with Gasteiger partial charge in [0, 0.05) is 24.1 Å². The number of aryl methyl sites for hydroxylation is 1. The van der Waals surface area contributed by atoms with E-state index in [1.165, 1.54) is 31.2 Å². The second-order valence-corrected chi connectivity index (χ2v) is 7.31. The predicted octanol–water partition coefficient (Wildman–Crippen LogP) is 4.33. The van der Waals surface area contributed by atoms with E-state index in [-0.39, 0.29) is 23.0 Å². The van der Waals surface area contributed by atoms with Gasteiger partial charge in [-0.25, -0.2) is 9.79 Å². The zero-order chi connectivity index (χ0) is 22.7. The number of halogens is 1. The topological polar surface area (TPSA) is 117 Å². The number of aliphatic imine (C=N–C) groups is 1. The van der Waals surface area contributed by atoms with E-state index in [2.05, 4.69) is 20.9 Å². The van der Waals surface area contributed by atoms with Gasteiger partial charge in [-0.3, -0.25) is 14.9 Å². The molecule has 2 aromatic rings. The van der Waals surface area contributed by atoms with Crippen molar-refractivity contribution >= 4 is 45.5 Å². The maximum Gasteiger partial charge on any atom is 0.363 e. The molecule has 0 saturated heterocycles. The Kier molecular flexibility index (Phi) is 6.50. The summed E-state index contributed by atoms with van der Waals surface area (Å²) in [5.74, 6) is -0.560. The largest absolute Gasteiger partial charge is 0.490 e. The van der Waals surface area contributed by atoms with Crippen molar-refractivity contribution in [3.8, 4) is 11.5 Å². The van der Waals surface area contributed by atoms with E-state index in [1.807, 2.05) is 0 Å². The van der Waals surface area contributed by atoms with Gasteiger partial charge in [0.1, 0.15) is 0 Å². The number of carbonyl (C=O) groups excluding carboxylic acids is 2. The van der Waals surface area contributed by atoms with E-state index >= 15 is 0 Å². The van der Waals surface area contributed by atoms with Gasteiger partial charge in [0.2, 0.25) is 5.90 Å². The third kappa shape index (κ3) is 4.97. The first kappa shape index (κ1) is 22.2. The zero-order valence-corrected chi connectivity index (χ0v) is 18.4. The first-order valence-corrected chi connectivity index (χ1v) is 9.91. The normalized spacial score (nSPS) is 14.3. The number of carbonyl (C=O) groups is 2. The highest BCUT2D eigenvalue weighted by molar-refractivity contribution is 9.10. The van der Waals surface area contributed by atoms with Crippen LogP contribution in [0.15, 0.2) is 45.5 Å². The zero-order valence-electron chi connectivity index (χ0n) is 16.8. The lowest BCUT2D eigenvalue weighted by Gasteiger charge is -2.12. The lowest BCUT2D eigenvalue weighted by molar-refractivity contribution is -0.385. The molecule has 3 rings (SSSR count). The summed E-state index contributed by atoms with van der Waals surface area (Å²) in [6.45, 7) is 4.99. The fourth-order valence-corrected chi connectivity index (χ4v) is 3.40. The predicted molar refractivity (Wildman–Crippen MR) is 115 cm³/mol. The van der Waals surface area contributed by atoms with E-state index in [0.717, 1.165) is 0 Å². The minimum Gasteiger partial charge on any atom is -0.490 e. The third-order valence-corrected chi connectivity index (χ3v) is 4.73. The maximum atomic E-state index is 12.3. The molecule has 0 aromatic heterocycles. The number of ether oxygens (including phenoxy) is 3. The van der Waals surface area contributed by atoms with Crippen LogP contribution in [0.1, 0.15) is 30.5 Å². The highest BCUT2D eigenvalue weighted by Gasteiger charge is 2.26. The molecule has 0 aliphatic carbocycles. The van der Waals surface area contributed by atoms with Crippen molar-refractivity contribution in [2.24, 2.45) is 4.99 Å². The SMILES string of the molecule is CCOc1cc(C=C2N=C(c3ccc([N+](=O)[O-])c(C)c3)OC2=O)cc(Br)c1OC(C)=O. The van der Waals surface area contributed by atoms with E-state index in [1.54, 1.807) is 26.0 Å². The number of rotatable bonds is 6. The molecule has 0 unspecified atom stereocenters. The molecule has 0 N–H and O–H groups in total.